The maximum atomic E-state index is 13.0. The monoisotopic (exact) mass is 397 g/mol. The van der Waals surface area contributed by atoms with E-state index >= 15 is 0 Å². The van der Waals surface area contributed by atoms with Crippen LogP contribution in [0, 0.1) is 15.9 Å². The number of hydrogen-bond acceptors (Lipinski definition) is 4. The molecule has 148 valence electrons. The lowest BCUT2D eigenvalue weighted by Gasteiger charge is -2.18. The van der Waals surface area contributed by atoms with Crippen molar-refractivity contribution >= 4 is 17.3 Å². The number of nitro groups is 1. The number of benzene rings is 2. The summed E-state index contributed by atoms with van der Waals surface area (Å²) < 4.78 is 51.3. The first-order chi connectivity index (χ1) is 13.1. The van der Waals surface area contributed by atoms with Gasteiger partial charge >= 0.3 is 6.18 Å². The van der Waals surface area contributed by atoms with Crippen LogP contribution < -0.4 is 5.32 Å². The predicted octanol–water partition coefficient (Wildman–Crippen LogP) is 3.97. The minimum atomic E-state index is -4.71. The van der Waals surface area contributed by atoms with E-state index < -0.39 is 34.2 Å². The number of nitro benzene ring substituents is 1. The molecule has 0 spiro atoms. The van der Waals surface area contributed by atoms with Gasteiger partial charge in [0, 0.05) is 19.2 Å². The van der Waals surface area contributed by atoms with E-state index in [0.29, 0.717) is 19.0 Å². The Morgan fingerprint density at radius 3 is 2.46 bits per heavy atom. The van der Waals surface area contributed by atoms with Crippen LogP contribution in [-0.2, 0) is 17.5 Å². The molecular weight excluding hydrogens is 382 g/mol. The van der Waals surface area contributed by atoms with Gasteiger partial charge in [-0.1, -0.05) is 12.1 Å². The van der Waals surface area contributed by atoms with Crippen molar-refractivity contribution in [1.29, 1.82) is 0 Å². The van der Waals surface area contributed by atoms with Crippen LogP contribution >= 0.6 is 0 Å². The van der Waals surface area contributed by atoms with Crippen molar-refractivity contribution < 1.29 is 27.3 Å². The van der Waals surface area contributed by atoms with Gasteiger partial charge in [-0.15, -0.1) is 0 Å². The standard InChI is InChI=1S/C18H15F4N3O3/c19-13-4-1-11(2-5-13)10-24-8-7-15(17(24)26)23-14-6-3-12(18(20,21)22)9-16(14)25(27)28/h1-6,9,15,23H,7-8,10H2. The van der Waals surface area contributed by atoms with Crippen molar-refractivity contribution in [3.63, 3.8) is 0 Å². The first kappa shape index (κ1) is 19.6. The molecule has 2 aromatic carbocycles. The van der Waals surface area contributed by atoms with E-state index in [-0.39, 0.29) is 18.1 Å². The number of likely N-dealkylation sites (tertiary alicyclic amines) is 1. The fourth-order valence-electron chi connectivity index (χ4n) is 3.01. The average molecular weight is 397 g/mol. The highest BCUT2D eigenvalue weighted by Crippen LogP contribution is 2.35. The fourth-order valence-corrected chi connectivity index (χ4v) is 3.01. The van der Waals surface area contributed by atoms with Gasteiger partial charge in [0.05, 0.1) is 10.5 Å². The molecule has 2 aromatic rings. The van der Waals surface area contributed by atoms with E-state index in [9.17, 15) is 32.5 Å². The smallest absolute Gasteiger partial charge is 0.368 e. The van der Waals surface area contributed by atoms with E-state index in [1.54, 1.807) is 12.1 Å². The SMILES string of the molecule is O=C1C(Nc2ccc(C(F)(F)F)cc2[N+](=O)[O-])CCN1Cc1ccc(F)cc1. The Bertz CT molecular complexity index is 900. The molecule has 1 amide bonds. The largest absolute Gasteiger partial charge is 0.416 e. The number of anilines is 1. The van der Waals surface area contributed by atoms with Crippen LogP contribution in [-0.4, -0.2) is 28.3 Å². The van der Waals surface area contributed by atoms with Gasteiger partial charge < -0.3 is 10.2 Å². The molecule has 1 saturated heterocycles. The van der Waals surface area contributed by atoms with Crippen molar-refractivity contribution in [2.75, 3.05) is 11.9 Å². The van der Waals surface area contributed by atoms with E-state index in [2.05, 4.69) is 5.32 Å². The first-order valence-electron chi connectivity index (χ1n) is 8.30. The molecule has 0 bridgehead atoms. The summed E-state index contributed by atoms with van der Waals surface area (Å²) >= 11 is 0. The van der Waals surface area contributed by atoms with Crippen LogP contribution in [0.5, 0.6) is 0 Å². The molecule has 10 heteroatoms. The fraction of sp³-hybridized carbons (Fsp3) is 0.278. The Kier molecular flexibility index (Phi) is 5.21. The van der Waals surface area contributed by atoms with Crippen LogP contribution in [0.15, 0.2) is 42.5 Å². The van der Waals surface area contributed by atoms with Crippen molar-refractivity contribution in [2.24, 2.45) is 0 Å². The molecule has 1 heterocycles. The van der Waals surface area contributed by atoms with Gasteiger partial charge in [0.1, 0.15) is 17.5 Å². The minimum absolute atomic E-state index is 0.153. The molecule has 1 N–H and O–H groups in total. The second kappa shape index (κ2) is 7.45. The van der Waals surface area contributed by atoms with Crippen molar-refractivity contribution in [2.45, 2.75) is 25.2 Å². The van der Waals surface area contributed by atoms with Gasteiger partial charge in [0.15, 0.2) is 0 Å². The second-order valence-electron chi connectivity index (χ2n) is 6.36. The molecule has 0 saturated carbocycles. The molecule has 1 aliphatic rings. The number of nitrogens with one attached hydrogen (secondary N) is 1. The Morgan fingerprint density at radius 2 is 1.86 bits per heavy atom. The van der Waals surface area contributed by atoms with E-state index in [1.165, 1.54) is 17.0 Å². The summed E-state index contributed by atoms with van der Waals surface area (Å²) in [5.74, 6) is -0.732. The molecule has 28 heavy (non-hydrogen) atoms. The highest BCUT2D eigenvalue weighted by Gasteiger charge is 2.35. The van der Waals surface area contributed by atoms with Gasteiger partial charge in [-0.25, -0.2) is 4.39 Å². The summed E-state index contributed by atoms with van der Waals surface area (Å²) in [6.45, 7) is 0.606. The average Bonchev–Trinajstić information content (AvgIpc) is 2.96. The maximum absolute atomic E-state index is 13.0. The topological polar surface area (TPSA) is 75.5 Å². The Labute approximate surface area is 156 Å². The number of carbonyl (C=O) groups is 1. The van der Waals surface area contributed by atoms with Crippen molar-refractivity contribution in [3.8, 4) is 0 Å². The van der Waals surface area contributed by atoms with Gasteiger partial charge in [-0.2, -0.15) is 13.2 Å². The summed E-state index contributed by atoms with van der Waals surface area (Å²) in [6, 6.07) is 6.97. The third kappa shape index (κ3) is 4.21. The third-order valence-corrected chi connectivity index (χ3v) is 4.44. The van der Waals surface area contributed by atoms with Crippen LogP contribution in [0.2, 0.25) is 0 Å². The van der Waals surface area contributed by atoms with Gasteiger partial charge in [-0.05, 0) is 36.2 Å². The number of carbonyl (C=O) groups excluding carboxylic acids is 1. The molecule has 0 aromatic heterocycles. The van der Waals surface area contributed by atoms with Crippen LogP contribution in [0.3, 0.4) is 0 Å². The maximum Gasteiger partial charge on any atom is 0.416 e. The molecule has 3 rings (SSSR count). The van der Waals surface area contributed by atoms with E-state index in [1.807, 2.05) is 0 Å². The molecule has 1 atom stereocenters. The zero-order valence-electron chi connectivity index (χ0n) is 14.4. The van der Waals surface area contributed by atoms with Gasteiger partial charge in [-0.3, -0.25) is 14.9 Å². The minimum Gasteiger partial charge on any atom is -0.368 e. The summed E-state index contributed by atoms with van der Waals surface area (Å²) in [5, 5.41) is 13.8. The third-order valence-electron chi connectivity index (χ3n) is 4.44. The van der Waals surface area contributed by atoms with Crippen molar-refractivity contribution in [1.82, 2.24) is 4.90 Å². The first-order valence-corrected chi connectivity index (χ1v) is 8.30. The Balaban J connectivity index is 1.74. The van der Waals surface area contributed by atoms with Crippen LogP contribution in [0.25, 0.3) is 0 Å². The lowest BCUT2D eigenvalue weighted by molar-refractivity contribution is -0.384. The normalized spacial score (nSPS) is 17.1. The van der Waals surface area contributed by atoms with Gasteiger partial charge in [0.25, 0.3) is 5.69 Å². The quantitative estimate of drug-likeness (QED) is 0.471. The molecular formula is C18H15F4N3O3. The van der Waals surface area contributed by atoms with Crippen molar-refractivity contribution in [3.05, 3.63) is 69.5 Å². The number of nitrogens with zero attached hydrogens (tertiary/aromatic N) is 2. The molecule has 0 radical (unpaired) electrons. The highest BCUT2D eigenvalue weighted by atomic mass is 19.4. The Hall–Kier alpha value is -3.17. The number of rotatable bonds is 5. The second-order valence-corrected chi connectivity index (χ2v) is 6.36. The van der Waals surface area contributed by atoms with E-state index in [4.69, 9.17) is 0 Å². The summed E-state index contributed by atoms with van der Waals surface area (Å²) in [4.78, 5) is 24.3. The zero-order valence-corrected chi connectivity index (χ0v) is 14.4. The predicted molar refractivity (Wildman–Crippen MR) is 91.9 cm³/mol. The number of halogens is 4. The molecule has 1 unspecified atom stereocenters. The summed E-state index contributed by atoms with van der Waals surface area (Å²) in [6.07, 6.45) is -4.38. The molecule has 1 aliphatic heterocycles. The molecule has 1 fully saturated rings. The lowest BCUT2D eigenvalue weighted by atomic mass is 10.1. The zero-order chi connectivity index (χ0) is 20.5. The number of alkyl halides is 3. The Morgan fingerprint density at radius 1 is 1.18 bits per heavy atom. The molecule has 6 nitrogen and oxygen atoms in total. The molecule has 0 aliphatic carbocycles. The highest BCUT2D eigenvalue weighted by molar-refractivity contribution is 5.87. The summed E-state index contributed by atoms with van der Waals surface area (Å²) in [5.41, 5.74) is -1.32. The number of amides is 1. The van der Waals surface area contributed by atoms with Crippen LogP contribution in [0.1, 0.15) is 17.5 Å². The van der Waals surface area contributed by atoms with Crippen LogP contribution in [0.4, 0.5) is 28.9 Å². The lowest BCUT2D eigenvalue weighted by Crippen LogP contribution is -2.33. The summed E-state index contributed by atoms with van der Waals surface area (Å²) in [7, 11) is 0. The van der Waals surface area contributed by atoms with Gasteiger partial charge in [0.2, 0.25) is 5.91 Å². The number of hydrogen-bond donors (Lipinski definition) is 1. The van der Waals surface area contributed by atoms with E-state index in [0.717, 1.165) is 17.7 Å².